The quantitative estimate of drug-likeness (QED) is 0.705. The number of nitrogens with zero attached hydrogens (tertiary/aromatic N) is 1. The summed E-state index contributed by atoms with van der Waals surface area (Å²) in [6.45, 7) is 4.23. The lowest BCUT2D eigenvalue weighted by Crippen LogP contribution is -2.48. The summed E-state index contributed by atoms with van der Waals surface area (Å²) < 4.78 is 5.29. The minimum Gasteiger partial charge on any atom is -0.481 e. The van der Waals surface area contributed by atoms with Gasteiger partial charge in [0.25, 0.3) is 0 Å². The maximum absolute atomic E-state index is 11.2. The maximum Gasteiger partial charge on any atom is 0.310 e. The average Bonchev–Trinajstić information content (AvgIpc) is 2.94. The number of likely N-dealkylation sites (N-methyl/N-ethyl adjacent to an activating group) is 1. The molecule has 0 spiro atoms. The monoisotopic (exact) mass is 256 g/mol. The van der Waals surface area contributed by atoms with Crippen LogP contribution >= 0.6 is 0 Å². The van der Waals surface area contributed by atoms with E-state index in [-0.39, 0.29) is 24.6 Å². The van der Waals surface area contributed by atoms with Crippen LogP contribution in [0, 0.1) is 5.92 Å². The molecular weight excluding hydrogens is 236 g/mol. The third-order valence-corrected chi connectivity index (χ3v) is 3.78. The zero-order valence-electron chi connectivity index (χ0n) is 10.6. The van der Waals surface area contributed by atoms with Gasteiger partial charge < -0.3 is 15.2 Å². The van der Waals surface area contributed by atoms with Crippen LogP contribution in [0.1, 0.15) is 19.8 Å². The van der Waals surface area contributed by atoms with Crippen molar-refractivity contribution < 1.29 is 19.4 Å². The molecule has 2 heterocycles. The SMILES string of the molecule is CCN(CC1CCC(=O)N1)C1COCC1C(=O)O. The first kappa shape index (κ1) is 13.3. The Morgan fingerprint density at radius 3 is 2.89 bits per heavy atom. The first-order valence-corrected chi connectivity index (χ1v) is 6.45. The summed E-state index contributed by atoms with van der Waals surface area (Å²) >= 11 is 0. The van der Waals surface area contributed by atoms with Crippen LogP contribution in [0.2, 0.25) is 0 Å². The second-order valence-corrected chi connectivity index (χ2v) is 4.94. The molecule has 0 aliphatic carbocycles. The van der Waals surface area contributed by atoms with E-state index in [4.69, 9.17) is 9.84 Å². The summed E-state index contributed by atoms with van der Waals surface area (Å²) in [7, 11) is 0. The number of carboxylic acid groups (broad SMARTS) is 1. The molecule has 0 aromatic heterocycles. The van der Waals surface area contributed by atoms with Gasteiger partial charge in [0, 0.05) is 25.0 Å². The molecule has 2 saturated heterocycles. The molecule has 2 rings (SSSR count). The summed E-state index contributed by atoms with van der Waals surface area (Å²) in [5, 5.41) is 12.1. The van der Waals surface area contributed by atoms with Crippen LogP contribution in [-0.4, -0.2) is 60.3 Å². The maximum atomic E-state index is 11.2. The topological polar surface area (TPSA) is 78.9 Å². The number of amides is 1. The molecule has 6 heteroatoms. The van der Waals surface area contributed by atoms with Crippen LogP contribution in [0.25, 0.3) is 0 Å². The number of carbonyl (C=O) groups excluding carboxylic acids is 1. The molecule has 3 atom stereocenters. The number of carbonyl (C=O) groups is 2. The van der Waals surface area contributed by atoms with E-state index in [0.29, 0.717) is 19.6 Å². The van der Waals surface area contributed by atoms with Gasteiger partial charge in [-0.1, -0.05) is 6.92 Å². The van der Waals surface area contributed by atoms with Crippen LogP contribution in [0.3, 0.4) is 0 Å². The summed E-state index contributed by atoms with van der Waals surface area (Å²) in [4.78, 5) is 24.4. The van der Waals surface area contributed by atoms with Crippen molar-refractivity contribution in [3.05, 3.63) is 0 Å². The largest absolute Gasteiger partial charge is 0.481 e. The number of rotatable bonds is 5. The van der Waals surface area contributed by atoms with Crippen molar-refractivity contribution in [2.24, 2.45) is 5.92 Å². The van der Waals surface area contributed by atoms with E-state index < -0.39 is 11.9 Å². The number of ether oxygens (including phenoxy) is 1. The highest BCUT2D eigenvalue weighted by Gasteiger charge is 2.38. The summed E-state index contributed by atoms with van der Waals surface area (Å²) in [6.07, 6.45) is 1.41. The molecule has 2 N–H and O–H groups in total. The van der Waals surface area contributed by atoms with E-state index in [2.05, 4.69) is 10.2 Å². The van der Waals surface area contributed by atoms with Crippen LogP contribution in [-0.2, 0) is 14.3 Å². The minimum absolute atomic E-state index is 0.0787. The molecule has 6 nitrogen and oxygen atoms in total. The predicted molar refractivity (Wildman–Crippen MR) is 64.1 cm³/mol. The van der Waals surface area contributed by atoms with Gasteiger partial charge in [-0.2, -0.15) is 0 Å². The lowest BCUT2D eigenvalue weighted by molar-refractivity contribution is -0.143. The fourth-order valence-corrected chi connectivity index (χ4v) is 2.74. The first-order valence-electron chi connectivity index (χ1n) is 6.45. The number of hydrogen-bond acceptors (Lipinski definition) is 4. The lowest BCUT2D eigenvalue weighted by Gasteiger charge is -2.31. The van der Waals surface area contributed by atoms with Gasteiger partial charge in [-0.25, -0.2) is 0 Å². The van der Waals surface area contributed by atoms with E-state index in [1.54, 1.807) is 0 Å². The van der Waals surface area contributed by atoms with Crippen LogP contribution in [0.15, 0.2) is 0 Å². The Hall–Kier alpha value is -1.14. The number of aliphatic carboxylic acids is 1. The van der Waals surface area contributed by atoms with E-state index in [1.165, 1.54) is 0 Å². The Balaban J connectivity index is 1.95. The van der Waals surface area contributed by atoms with Crippen LogP contribution < -0.4 is 5.32 Å². The fourth-order valence-electron chi connectivity index (χ4n) is 2.74. The molecule has 2 aliphatic heterocycles. The molecule has 0 aromatic carbocycles. The smallest absolute Gasteiger partial charge is 0.310 e. The zero-order valence-corrected chi connectivity index (χ0v) is 10.6. The highest BCUT2D eigenvalue weighted by atomic mass is 16.5. The van der Waals surface area contributed by atoms with Crippen molar-refractivity contribution >= 4 is 11.9 Å². The molecule has 102 valence electrons. The Morgan fingerprint density at radius 1 is 1.56 bits per heavy atom. The van der Waals surface area contributed by atoms with Crippen molar-refractivity contribution in [2.45, 2.75) is 31.8 Å². The molecule has 0 aromatic rings. The molecule has 0 saturated carbocycles. The molecule has 2 aliphatic rings. The van der Waals surface area contributed by atoms with Crippen molar-refractivity contribution in [3.63, 3.8) is 0 Å². The van der Waals surface area contributed by atoms with E-state index in [0.717, 1.165) is 13.0 Å². The Morgan fingerprint density at radius 2 is 2.33 bits per heavy atom. The Labute approximate surface area is 106 Å². The average molecular weight is 256 g/mol. The molecule has 1 amide bonds. The molecule has 18 heavy (non-hydrogen) atoms. The van der Waals surface area contributed by atoms with Crippen LogP contribution in [0.5, 0.6) is 0 Å². The van der Waals surface area contributed by atoms with Gasteiger partial charge >= 0.3 is 5.97 Å². The first-order chi connectivity index (χ1) is 8.61. The van der Waals surface area contributed by atoms with Gasteiger partial charge in [0.05, 0.1) is 19.1 Å². The van der Waals surface area contributed by atoms with Crippen molar-refractivity contribution in [1.82, 2.24) is 10.2 Å². The lowest BCUT2D eigenvalue weighted by atomic mass is 10.0. The van der Waals surface area contributed by atoms with E-state index in [9.17, 15) is 9.59 Å². The predicted octanol–water partition coefficient (Wildman–Crippen LogP) is -0.313. The van der Waals surface area contributed by atoms with Gasteiger partial charge in [-0.15, -0.1) is 0 Å². The van der Waals surface area contributed by atoms with Crippen LogP contribution in [0.4, 0.5) is 0 Å². The van der Waals surface area contributed by atoms with Gasteiger partial charge in [0.1, 0.15) is 0 Å². The minimum atomic E-state index is -0.800. The third-order valence-electron chi connectivity index (χ3n) is 3.78. The second-order valence-electron chi connectivity index (χ2n) is 4.94. The summed E-state index contributed by atoms with van der Waals surface area (Å²) in [6, 6.07) is 0.0671. The van der Waals surface area contributed by atoms with E-state index >= 15 is 0 Å². The highest BCUT2D eigenvalue weighted by Crippen LogP contribution is 2.21. The summed E-state index contributed by atoms with van der Waals surface area (Å²) in [5.41, 5.74) is 0. The Kier molecular flexibility index (Phi) is 4.19. The standard InChI is InChI=1S/C12H20N2O4/c1-2-14(5-8-3-4-11(15)13-8)10-7-18-6-9(10)12(16)17/h8-10H,2-7H2,1H3,(H,13,15)(H,16,17). The normalized spacial score (nSPS) is 31.9. The van der Waals surface area contributed by atoms with Crippen molar-refractivity contribution in [1.29, 1.82) is 0 Å². The highest BCUT2D eigenvalue weighted by molar-refractivity contribution is 5.78. The van der Waals surface area contributed by atoms with Gasteiger partial charge in [0.15, 0.2) is 0 Å². The Bertz CT molecular complexity index is 334. The van der Waals surface area contributed by atoms with Gasteiger partial charge in [0.2, 0.25) is 5.91 Å². The van der Waals surface area contributed by atoms with Crippen molar-refractivity contribution in [2.75, 3.05) is 26.3 Å². The number of nitrogens with one attached hydrogen (secondary N) is 1. The number of hydrogen-bond donors (Lipinski definition) is 2. The van der Waals surface area contributed by atoms with E-state index in [1.807, 2.05) is 6.92 Å². The third kappa shape index (κ3) is 2.81. The molecule has 0 radical (unpaired) electrons. The zero-order chi connectivity index (χ0) is 13.1. The molecular formula is C12H20N2O4. The van der Waals surface area contributed by atoms with Gasteiger partial charge in [-0.05, 0) is 13.0 Å². The molecule has 2 fully saturated rings. The van der Waals surface area contributed by atoms with Gasteiger partial charge in [-0.3, -0.25) is 14.5 Å². The number of carboxylic acids is 1. The molecule has 0 bridgehead atoms. The second kappa shape index (κ2) is 5.67. The molecule has 3 unspecified atom stereocenters. The fraction of sp³-hybridized carbons (Fsp3) is 0.833. The van der Waals surface area contributed by atoms with Crippen molar-refractivity contribution in [3.8, 4) is 0 Å². The summed E-state index contributed by atoms with van der Waals surface area (Å²) in [5.74, 6) is -1.16.